The largest absolute Gasteiger partial charge is 0.504 e. The molecule has 2 N–H and O–H groups in total. The summed E-state index contributed by atoms with van der Waals surface area (Å²) in [5.41, 5.74) is 2.03. The van der Waals surface area contributed by atoms with Crippen LogP contribution in [0.5, 0.6) is 11.5 Å². The van der Waals surface area contributed by atoms with Gasteiger partial charge in [0.15, 0.2) is 23.1 Å². The number of rotatable bonds is 4. The van der Waals surface area contributed by atoms with E-state index < -0.39 is 41.5 Å². The molecule has 4 unspecified atom stereocenters. The highest BCUT2D eigenvalue weighted by molar-refractivity contribution is 6.25. The van der Waals surface area contributed by atoms with E-state index in [4.69, 9.17) is 4.74 Å². The number of hydrogen-bond acceptors (Lipinski definition) is 7. The molecule has 1 heterocycles. The fraction of sp³-hybridized carbons (Fsp3) is 0.258. The van der Waals surface area contributed by atoms with Crippen molar-refractivity contribution in [1.82, 2.24) is 0 Å². The SMILES string of the molecule is COc1cccc(C2C3=CCC4C(=O)N(c5cccc(C(=O)O)c5)C(=O)C4C3CC3=C2C(=O)C(C)=CC3=O)c1O. The number of allylic oxidation sites excluding steroid dienone is 6. The molecule has 4 atom stereocenters. The molecule has 6 rings (SSSR count). The number of anilines is 1. The number of nitrogens with zero attached hydrogens (tertiary/aromatic N) is 1. The molecular formula is C31H25NO8. The minimum atomic E-state index is -1.18. The Hall–Kier alpha value is -4.79. The number of Topliss-reactive ketones (excluding diaryl/α,β-unsaturated/α-hetero) is 1. The molecule has 9 nitrogen and oxygen atoms in total. The van der Waals surface area contributed by atoms with Gasteiger partial charge in [-0.1, -0.05) is 29.8 Å². The predicted octanol–water partition coefficient (Wildman–Crippen LogP) is 3.73. The summed E-state index contributed by atoms with van der Waals surface area (Å²) in [6.07, 6.45) is 3.47. The number of ether oxygens (including phenoxy) is 1. The maximum atomic E-state index is 13.9. The number of carbonyl (C=O) groups excluding carboxylic acids is 4. The zero-order valence-electron chi connectivity index (χ0n) is 21.7. The van der Waals surface area contributed by atoms with Gasteiger partial charge < -0.3 is 14.9 Å². The number of aromatic carboxylic acids is 1. The van der Waals surface area contributed by atoms with Crippen molar-refractivity contribution < 1.29 is 38.9 Å². The molecule has 0 saturated carbocycles. The first-order valence-corrected chi connectivity index (χ1v) is 12.9. The minimum absolute atomic E-state index is 0.0544. The summed E-state index contributed by atoms with van der Waals surface area (Å²) in [4.78, 5) is 66.8. The number of amides is 2. The Morgan fingerprint density at radius 3 is 2.50 bits per heavy atom. The molecule has 0 radical (unpaired) electrons. The second-order valence-electron chi connectivity index (χ2n) is 10.5. The Bertz CT molecular complexity index is 1640. The number of para-hydroxylation sites is 1. The lowest BCUT2D eigenvalue weighted by atomic mass is 9.59. The van der Waals surface area contributed by atoms with Crippen LogP contribution in [0.1, 0.15) is 41.6 Å². The van der Waals surface area contributed by atoms with E-state index in [1.165, 1.54) is 37.5 Å². The van der Waals surface area contributed by atoms with Crippen LogP contribution in [0.4, 0.5) is 5.69 Å². The van der Waals surface area contributed by atoms with Crippen molar-refractivity contribution in [2.45, 2.75) is 25.7 Å². The standard InChI is InChI=1S/C31H25NO8/c1-14-11-22(33)21-13-20-17(24(26(21)27(14)34)18-7-4-8-23(40-2)28(18)35)9-10-19-25(20)30(37)32(29(19)36)16-6-3-5-15(12-16)31(38)39/h3-9,11-12,19-20,24-25,35H,10,13H2,1-2H3,(H,38,39). The lowest BCUT2D eigenvalue weighted by Crippen LogP contribution is -2.39. The van der Waals surface area contributed by atoms with Gasteiger partial charge in [0.05, 0.1) is 30.2 Å². The first kappa shape index (κ1) is 25.5. The van der Waals surface area contributed by atoms with Gasteiger partial charge in [0.25, 0.3) is 0 Å². The van der Waals surface area contributed by atoms with Crippen molar-refractivity contribution in [2.24, 2.45) is 17.8 Å². The maximum absolute atomic E-state index is 13.9. The number of ketones is 2. The van der Waals surface area contributed by atoms with Gasteiger partial charge >= 0.3 is 5.97 Å². The Balaban J connectivity index is 1.49. The molecule has 40 heavy (non-hydrogen) atoms. The summed E-state index contributed by atoms with van der Waals surface area (Å²) in [6.45, 7) is 1.58. The van der Waals surface area contributed by atoms with Gasteiger partial charge in [0, 0.05) is 28.2 Å². The van der Waals surface area contributed by atoms with Crippen LogP contribution in [0.15, 0.2) is 76.9 Å². The number of phenols is 1. The first-order valence-electron chi connectivity index (χ1n) is 12.9. The Labute approximate surface area is 229 Å². The van der Waals surface area contributed by atoms with Gasteiger partial charge in [-0.05, 0) is 56.0 Å². The molecule has 2 aromatic carbocycles. The van der Waals surface area contributed by atoms with E-state index in [1.807, 2.05) is 6.08 Å². The summed E-state index contributed by atoms with van der Waals surface area (Å²) in [6, 6.07) is 10.6. The summed E-state index contributed by atoms with van der Waals surface area (Å²) >= 11 is 0. The third kappa shape index (κ3) is 3.57. The molecule has 9 heteroatoms. The first-order chi connectivity index (χ1) is 19.1. The molecule has 0 bridgehead atoms. The third-order valence-corrected chi connectivity index (χ3v) is 8.48. The molecule has 2 amide bonds. The van der Waals surface area contributed by atoms with Crippen LogP contribution in [-0.2, 0) is 19.2 Å². The molecular weight excluding hydrogens is 514 g/mol. The summed E-state index contributed by atoms with van der Waals surface area (Å²) in [5.74, 6) is -5.61. The average Bonchev–Trinajstić information content (AvgIpc) is 3.20. The molecule has 202 valence electrons. The molecule has 4 aliphatic rings. The summed E-state index contributed by atoms with van der Waals surface area (Å²) < 4.78 is 5.31. The number of fused-ring (bicyclic) bond motifs is 3. The normalized spacial score (nSPS) is 25.7. The Kier molecular flexibility index (Phi) is 5.83. The Morgan fingerprint density at radius 1 is 1.02 bits per heavy atom. The van der Waals surface area contributed by atoms with Gasteiger partial charge in [-0.15, -0.1) is 0 Å². The van der Waals surface area contributed by atoms with Crippen LogP contribution >= 0.6 is 0 Å². The van der Waals surface area contributed by atoms with E-state index in [0.717, 1.165) is 4.90 Å². The highest BCUT2D eigenvalue weighted by Gasteiger charge is 2.57. The zero-order valence-corrected chi connectivity index (χ0v) is 21.7. The zero-order chi connectivity index (χ0) is 28.5. The molecule has 1 saturated heterocycles. The van der Waals surface area contributed by atoms with Crippen molar-refractivity contribution in [2.75, 3.05) is 12.0 Å². The van der Waals surface area contributed by atoms with E-state index in [-0.39, 0.29) is 58.3 Å². The quantitative estimate of drug-likeness (QED) is 0.341. The van der Waals surface area contributed by atoms with Gasteiger partial charge in [-0.25, -0.2) is 4.79 Å². The van der Waals surface area contributed by atoms with Gasteiger partial charge in [0.1, 0.15) is 0 Å². The highest BCUT2D eigenvalue weighted by atomic mass is 16.5. The fourth-order valence-electron chi connectivity index (χ4n) is 6.69. The summed E-state index contributed by atoms with van der Waals surface area (Å²) in [7, 11) is 1.41. The number of imide groups is 1. The van der Waals surface area contributed by atoms with E-state index in [9.17, 15) is 34.2 Å². The van der Waals surface area contributed by atoms with Crippen molar-refractivity contribution >= 4 is 35.0 Å². The second kappa shape index (κ2) is 9.15. The smallest absolute Gasteiger partial charge is 0.335 e. The second-order valence-corrected chi connectivity index (χ2v) is 10.5. The number of benzene rings is 2. The van der Waals surface area contributed by atoms with Crippen molar-refractivity contribution in [3.63, 3.8) is 0 Å². The monoisotopic (exact) mass is 539 g/mol. The molecule has 0 spiro atoms. The lowest BCUT2D eigenvalue weighted by Gasteiger charge is -2.42. The summed E-state index contributed by atoms with van der Waals surface area (Å²) in [5, 5.41) is 20.5. The van der Waals surface area contributed by atoms with Crippen LogP contribution in [0.25, 0.3) is 0 Å². The third-order valence-electron chi connectivity index (χ3n) is 8.48. The number of phenolic OH excluding ortho intramolecular Hbond substituents is 1. The van der Waals surface area contributed by atoms with Crippen LogP contribution in [-0.4, -0.2) is 46.7 Å². The number of hydrogen-bond donors (Lipinski definition) is 2. The molecule has 2 aromatic rings. The van der Waals surface area contributed by atoms with E-state index in [2.05, 4.69) is 0 Å². The number of carbonyl (C=O) groups is 5. The van der Waals surface area contributed by atoms with Crippen LogP contribution < -0.4 is 9.64 Å². The maximum Gasteiger partial charge on any atom is 0.335 e. The van der Waals surface area contributed by atoms with Gasteiger partial charge in [-0.3, -0.25) is 24.1 Å². The van der Waals surface area contributed by atoms with Crippen LogP contribution in [0.2, 0.25) is 0 Å². The highest BCUT2D eigenvalue weighted by Crippen LogP contribution is 2.57. The van der Waals surface area contributed by atoms with Crippen LogP contribution in [0.3, 0.4) is 0 Å². The number of aromatic hydroxyl groups is 1. The van der Waals surface area contributed by atoms with Gasteiger partial charge in [0.2, 0.25) is 11.8 Å². The number of carboxylic acid groups (broad SMARTS) is 1. The molecule has 1 fully saturated rings. The fourth-order valence-corrected chi connectivity index (χ4v) is 6.69. The number of methoxy groups -OCH3 is 1. The predicted molar refractivity (Wildman–Crippen MR) is 142 cm³/mol. The number of carboxylic acids is 1. The van der Waals surface area contributed by atoms with E-state index >= 15 is 0 Å². The molecule has 1 aliphatic heterocycles. The van der Waals surface area contributed by atoms with Crippen molar-refractivity contribution in [3.05, 3.63) is 88.0 Å². The van der Waals surface area contributed by atoms with Gasteiger partial charge in [-0.2, -0.15) is 0 Å². The average molecular weight is 540 g/mol. The van der Waals surface area contributed by atoms with Crippen molar-refractivity contribution in [3.8, 4) is 11.5 Å². The topological polar surface area (TPSA) is 138 Å². The minimum Gasteiger partial charge on any atom is -0.504 e. The lowest BCUT2D eigenvalue weighted by molar-refractivity contribution is -0.123. The van der Waals surface area contributed by atoms with Crippen molar-refractivity contribution in [1.29, 1.82) is 0 Å². The van der Waals surface area contributed by atoms with E-state index in [1.54, 1.807) is 25.1 Å². The molecule has 3 aliphatic carbocycles. The molecule has 0 aromatic heterocycles. The van der Waals surface area contributed by atoms with E-state index in [0.29, 0.717) is 16.7 Å². The Morgan fingerprint density at radius 2 is 1.77 bits per heavy atom. The van der Waals surface area contributed by atoms with Crippen LogP contribution in [0, 0.1) is 17.8 Å².